The van der Waals surface area contributed by atoms with Crippen molar-refractivity contribution in [2.45, 2.75) is 12.4 Å². The van der Waals surface area contributed by atoms with E-state index in [1.54, 1.807) is 0 Å². The number of hydrogen-bond donors (Lipinski definition) is 1. The van der Waals surface area contributed by atoms with Crippen LogP contribution in [0.25, 0.3) is 10.4 Å². The van der Waals surface area contributed by atoms with Gasteiger partial charge in [-0.2, -0.15) is 12.6 Å². The highest BCUT2D eigenvalue weighted by Gasteiger charge is 1.95. The summed E-state index contributed by atoms with van der Waals surface area (Å²) in [6.07, 6.45) is 0. The van der Waals surface area contributed by atoms with Crippen LogP contribution in [0.15, 0.2) is 29.4 Å². The molecule has 0 aliphatic carbocycles. The van der Waals surface area contributed by atoms with Crippen molar-refractivity contribution >= 4 is 12.6 Å². The summed E-state index contributed by atoms with van der Waals surface area (Å²) in [6.45, 7) is 3.45. The van der Waals surface area contributed by atoms with Gasteiger partial charge in [0.25, 0.3) is 0 Å². The first-order valence-corrected chi connectivity index (χ1v) is 7.43. The van der Waals surface area contributed by atoms with Crippen molar-refractivity contribution in [1.82, 2.24) is 0 Å². The quantitative estimate of drug-likeness (QED) is 0.212. The maximum absolute atomic E-state index is 8.06. The normalized spacial score (nSPS) is 10.3. The van der Waals surface area contributed by atoms with E-state index in [9.17, 15) is 0 Å². The summed E-state index contributed by atoms with van der Waals surface area (Å²) in [7, 11) is 0. The Kier molecular flexibility index (Phi) is 10.6. The fourth-order valence-corrected chi connectivity index (χ4v) is 1.73. The molecule has 0 unspecified atom stereocenters. The first-order valence-electron chi connectivity index (χ1n) is 6.79. The van der Waals surface area contributed by atoms with E-state index in [0.29, 0.717) is 46.2 Å². The maximum Gasteiger partial charge on any atom is 0.0718 e. The van der Waals surface area contributed by atoms with E-state index in [2.05, 4.69) is 34.8 Å². The Morgan fingerprint density at radius 2 is 1.48 bits per heavy atom. The highest BCUT2D eigenvalue weighted by Crippen LogP contribution is 2.07. The number of nitrogens with zero attached hydrogens (tertiary/aromatic N) is 3. The zero-order valence-electron chi connectivity index (χ0n) is 12.0. The van der Waals surface area contributed by atoms with Crippen molar-refractivity contribution in [3.63, 3.8) is 0 Å². The predicted octanol–water partition coefficient (Wildman–Crippen LogP) is 2.98. The molecule has 0 spiro atoms. The van der Waals surface area contributed by atoms with Crippen molar-refractivity contribution in [3.8, 4) is 0 Å². The molecular formula is C14H21N3O3S. The van der Waals surface area contributed by atoms with Gasteiger partial charge in [0.2, 0.25) is 0 Å². The highest BCUT2D eigenvalue weighted by atomic mass is 32.1. The summed E-state index contributed by atoms with van der Waals surface area (Å²) in [5.41, 5.74) is 10.4. The number of ether oxygens (including phenoxy) is 3. The Morgan fingerprint density at radius 1 is 0.905 bits per heavy atom. The second kappa shape index (κ2) is 12.5. The molecule has 0 aliphatic rings. The van der Waals surface area contributed by atoms with Gasteiger partial charge in [0, 0.05) is 17.2 Å². The highest BCUT2D eigenvalue weighted by molar-refractivity contribution is 7.79. The second-order valence-corrected chi connectivity index (χ2v) is 4.52. The first kappa shape index (κ1) is 17.8. The van der Waals surface area contributed by atoms with Crippen LogP contribution in [0.5, 0.6) is 0 Å². The Bertz CT molecular complexity index is 422. The molecule has 0 aromatic heterocycles. The number of hydrogen-bond acceptors (Lipinski definition) is 5. The molecule has 0 bridgehead atoms. The third kappa shape index (κ3) is 9.33. The summed E-state index contributed by atoms with van der Waals surface area (Å²) >= 11 is 4.22. The summed E-state index contributed by atoms with van der Waals surface area (Å²) in [4.78, 5) is 2.63. The molecule has 0 heterocycles. The number of thiol groups is 1. The number of benzene rings is 1. The van der Waals surface area contributed by atoms with Gasteiger partial charge in [-0.3, -0.25) is 0 Å². The molecular weight excluding hydrogens is 290 g/mol. The van der Waals surface area contributed by atoms with E-state index in [0.717, 1.165) is 11.3 Å². The van der Waals surface area contributed by atoms with Gasteiger partial charge in [-0.05, 0) is 16.7 Å². The molecule has 1 aromatic rings. The van der Waals surface area contributed by atoms with E-state index < -0.39 is 0 Å². The molecule has 0 saturated carbocycles. The summed E-state index contributed by atoms with van der Waals surface area (Å²) < 4.78 is 16.1. The monoisotopic (exact) mass is 311 g/mol. The van der Waals surface area contributed by atoms with Crippen LogP contribution < -0.4 is 0 Å². The molecule has 0 radical (unpaired) electrons. The number of rotatable bonds is 12. The van der Waals surface area contributed by atoms with Crippen LogP contribution in [0.4, 0.5) is 0 Å². The van der Waals surface area contributed by atoms with Crippen molar-refractivity contribution in [1.29, 1.82) is 0 Å². The molecule has 21 heavy (non-hydrogen) atoms. The predicted molar refractivity (Wildman–Crippen MR) is 84.4 cm³/mol. The van der Waals surface area contributed by atoms with Crippen molar-refractivity contribution < 1.29 is 14.2 Å². The van der Waals surface area contributed by atoms with Crippen LogP contribution in [0, 0.1) is 0 Å². The average molecular weight is 311 g/mol. The largest absolute Gasteiger partial charge is 0.379 e. The van der Waals surface area contributed by atoms with Crippen molar-refractivity contribution in [2.75, 3.05) is 39.6 Å². The average Bonchev–Trinajstić information content (AvgIpc) is 2.53. The van der Waals surface area contributed by atoms with E-state index in [1.807, 2.05) is 12.1 Å². The molecule has 116 valence electrons. The lowest BCUT2D eigenvalue weighted by Gasteiger charge is -2.07. The molecule has 7 heteroatoms. The van der Waals surface area contributed by atoms with E-state index in [-0.39, 0.29) is 0 Å². The smallest absolute Gasteiger partial charge is 0.0718 e. The molecule has 0 amide bonds. The zero-order valence-corrected chi connectivity index (χ0v) is 12.9. The van der Waals surface area contributed by atoms with Crippen LogP contribution in [0.2, 0.25) is 0 Å². The first-order chi connectivity index (χ1) is 10.4. The Hall–Kier alpha value is -1.24. The maximum atomic E-state index is 8.06. The van der Waals surface area contributed by atoms with Gasteiger partial charge < -0.3 is 14.2 Å². The van der Waals surface area contributed by atoms with Crippen LogP contribution in [0.1, 0.15) is 11.1 Å². The molecule has 1 rings (SSSR count). The van der Waals surface area contributed by atoms with Gasteiger partial charge in [0.05, 0.1) is 39.6 Å². The van der Waals surface area contributed by atoms with Crippen LogP contribution in [-0.4, -0.2) is 39.6 Å². The van der Waals surface area contributed by atoms with E-state index in [4.69, 9.17) is 19.7 Å². The van der Waals surface area contributed by atoms with Crippen LogP contribution in [-0.2, 0) is 26.6 Å². The van der Waals surface area contributed by atoms with Gasteiger partial charge in [0.1, 0.15) is 0 Å². The molecule has 6 nitrogen and oxygen atoms in total. The Balaban J connectivity index is 1.91. The number of azide groups is 1. The van der Waals surface area contributed by atoms with Gasteiger partial charge in [-0.1, -0.05) is 29.4 Å². The Morgan fingerprint density at radius 3 is 2.10 bits per heavy atom. The topological polar surface area (TPSA) is 76.5 Å². The molecule has 0 atom stereocenters. The van der Waals surface area contributed by atoms with Crippen molar-refractivity contribution in [3.05, 3.63) is 45.8 Å². The molecule has 0 saturated heterocycles. The molecule has 0 fully saturated rings. The summed E-state index contributed by atoms with van der Waals surface area (Å²) in [5, 5.41) is 3.36. The lowest BCUT2D eigenvalue weighted by molar-refractivity contribution is 0.0119. The second-order valence-electron chi connectivity index (χ2n) is 4.21. The molecule has 0 aliphatic heterocycles. The van der Waals surface area contributed by atoms with E-state index >= 15 is 0 Å². The lowest BCUT2D eigenvalue weighted by Crippen LogP contribution is -2.10. The zero-order chi connectivity index (χ0) is 15.2. The standard InChI is InChI=1S/C14H21N3O3S/c15-17-16-5-6-18-7-8-19-9-10-20-11-13-1-3-14(12-21)4-2-13/h1-4,21H,5-12H2. The fourth-order valence-electron chi connectivity index (χ4n) is 1.52. The SMILES string of the molecule is [N-]=[N+]=NCCOCCOCCOCc1ccc(CS)cc1. The summed E-state index contributed by atoms with van der Waals surface area (Å²) in [6, 6.07) is 8.19. The fraction of sp³-hybridized carbons (Fsp3) is 0.571. The summed E-state index contributed by atoms with van der Waals surface area (Å²) in [5.74, 6) is 0.750. The van der Waals surface area contributed by atoms with E-state index in [1.165, 1.54) is 5.56 Å². The third-order valence-electron chi connectivity index (χ3n) is 2.62. The van der Waals surface area contributed by atoms with Gasteiger partial charge in [0.15, 0.2) is 0 Å². The molecule has 0 N–H and O–H groups in total. The van der Waals surface area contributed by atoms with Gasteiger partial charge >= 0.3 is 0 Å². The van der Waals surface area contributed by atoms with Crippen LogP contribution >= 0.6 is 12.6 Å². The van der Waals surface area contributed by atoms with Crippen LogP contribution in [0.3, 0.4) is 0 Å². The lowest BCUT2D eigenvalue weighted by atomic mass is 10.2. The third-order valence-corrected chi connectivity index (χ3v) is 2.98. The van der Waals surface area contributed by atoms with Crippen molar-refractivity contribution in [2.24, 2.45) is 5.11 Å². The van der Waals surface area contributed by atoms with Gasteiger partial charge in [-0.25, -0.2) is 0 Å². The minimum Gasteiger partial charge on any atom is -0.379 e. The minimum absolute atomic E-state index is 0.353. The molecule has 1 aromatic carbocycles. The Labute approximate surface area is 130 Å². The minimum atomic E-state index is 0.353. The van der Waals surface area contributed by atoms with Gasteiger partial charge in [-0.15, -0.1) is 0 Å².